The summed E-state index contributed by atoms with van der Waals surface area (Å²) in [7, 11) is -3.18. The smallest absolute Gasteiger partial charge is 0.214 e. The third-order valence-corrected chi connectivity index (χ3v) is 10.3. The van der Waals surface area contributed by atoms with Crippen LogP contribution >= 0.6 is 0 Å². The molecule has 0 saturated carbocycles. The van der Waals surface area contributed by atoms with Crippen molar-refractivity contribution in [3.05, 3.63) is 23.9 Å². The summed E-state index contributed by atoms with van der Waals surface area (Å²) in [6.07, 6.45) is 4.49. The Hall–Kier alpha value is -2.09. The maximum Gasteiger partial charge on any atom is 0.214 e. The second-order valence-electron chi connectivity index (χ2n) is 11.2. The van der Waals surface area contributed by atoms with Gasteiger partial charge in [-0.1, -0.05) is 0 Å². The molecule has 4 saturated heterocycles. The van der Waals surface area contributed by atoms with Crippen molar-refractivity contribution >= 4 is 32.6 Å². The fraction of sp³-hybridized carbons (Fsp3) is 0.692. The first-order valence-corrected chi connectivity index (χ1v) is 15.6. The number of rotatable bonds is 8. The van der Waals surface area contributed by atoms with Gasteiger partial charge >= 0.3 is 0 Å². The van der Waals surface area contributed by atoms with Gasteiger partial charge in [0.05, 0.1) is 36.3 Å². The van der Waals surface area contributed by atoms with E-state index in [1.807, 2.05) is 6.07 Å². The molecule has 2 aromatic heterocycles. The Labute approximate surface area is 225 Å². The van der Waals surface area contributed by atoms with Gasteiger partial charge in [-0.05, 0) is 58.1 Å². The fourth-order valence-electron chi connectivity index (χ4n) is 6.47. The zero-order chi connectivity index (χ0) is 26.3. The normalized spacial score (nSPS) is 30.6. The summed E-state index contributed by atoms with van der Waals surface area (Å²) in [5.41, 5.74) is 8.49. The molecule has 38 heavy (non-hydrogen) atoms. The number of aromatic nitrogens is 2. The summed E-state index contributed by atoms with van der Waals surface area (Å²) >= 11 is 0. The van der Waals surface area contributed by atoms with Crippen molar-refractivity contribution in [3.8, 4) is 0 Å². The van der Waals surface area contributed by atoms with Gasteiger partial charge in [0.15, 0.2) is 0 Å². The molecule has 2 aromatic rings. The molecule has 4 aliphatic heterocycles. The van der Waals surface area contributed by atoms with E-state index in [0.717, 1.165) is 93.2 Å². The van der Waals surface area contributed by atoms with Gasteiger partial charge in [0.1, 0.15) is 11.6 Å². The Bertz CT molecular complexity index is 1240. The summed E-state index contributed by atoms with van der Waals surface area (Å²) in [6, 6.07) is 6.94. The molecule has 5 atom stereocenters. The van der Waals surface area contributed by atoms with Gasteiger partial charge in [-0.15, -0.1) is 0 Å². The van der Waals surface area contributed by atoms with Gasteiger partial charge in [0.2, 0.25) is 10.0 Å². The van der Waals surface area contributed by atoms with Gasteiger partial charge in [-0.3, -0.25) is 15.3 Å². The van der Waals surface area contributed by atoms with Crippen LogP contribution in [0.15, 0.2) is 18.2 Å². The van der Waals surface area contributed by atoms with Crippen LogP contribution in [0.25, 0.3) is 10.9 Å². The highest BCUT2D eigenvalue weighted by atomic mass is 32.2. The summed E-state index contributed by atoms with van der Waals surface area (Å²) < 4.78 is 32.7. The van der Waals surface area contributed by atoms with Gasteiger partial charge < -0.3 is 15.4 Å². The monoisotopic (exact) mass is 544 g/mol. The average molecular weight is 545 g/mol. The minimum absolute atomic E-state index is 0.0669. The number of sulfonamides is 1. The molecular formula is C26H40N8O3S. The van der Waals surface area contributed by atoms with E-state index in [0.29, 0.717) is 6.04 Å². The van der Waals surface area contributed by atoms with Gasteiger partial charge in [0.25, 0.3) is 0 Å². The quantitative estimate of drug-likeness (QED) is 0.391. The van der Waals surface area contributed by atoms with E-state index in [1.54, 1.807) is 11.2 Å². The van der Waals surface area contributed by atoms with Gasteiger partial charge in [0, 0.05) is 55.3 Å². The van der Waals surface area contributed by atoms with Crippen LogP contribution in [-0.4, -0.2) is 90.0 Å². The second kappa shape index (κ2) is 10.8. The van der Waals surface area contributed by atoms with E-state index in [2.05, 4.69) is 45.4 Å². The molecule has 0 aromatic carbocycles. The zero-order valence-electron chi connectivity index (χ0n) is 22.3. The predicted molar refractivity (Wildman–Crippen MR) is 148 cm³/mol. The lowest BCUT2D eigenvalue weighted by Crippen LogP contribution is -2.50. The third-order valence-electron chi connectivity index (χ3n) is 8.34. The number of anilines is 2. The summed E-state index contributed by atoms with van der Waals surface area (Å²) in [5.74, 6) is 1.75. The van der Waals surface area contributed by atoms with Gasteiger partial charge in [-0.2, -0.15) is 4.31 Å². The molecule has 0 spiro atoms. The summed E-state index contributed by atoms with van der Waals surface area (Å²) in [4.78, 5) is 12.4. The zero-order valence-corrected chi connectivity index (χ0v) is 23.1. The highest BCUT2D eigenvalue weighted by molar-refractivity contribution is 7.89. The molecular weight excluding hydrogens is 504 g/mol. The molecule has 3 unspecified atom stereocenters. The molecule has 4 aliphatic rings. The maximum absolute atomic E-state index is 12.7. The van der Waals surface area contributed by atoms with Crippen molar-refractivity contribution in [2.24, 2.45) is 0 Å². The van der Waals surface area contributed by atoms with Crippen molar-refractivity contribution in [1.29, 1.82) is 0 Å². The van der Waals surface area contributed by atoms with E-state index in [-0.39, 0.29) is 30.0 Å². The van der Waals surface area contributed by atoms with Gasteiger partial charge in [-0.25, -0.2) is 18.8 Å². The SMILES string of the molecule is CCS(=O)(=O)N1[C@@H]2CC[C@H]1CC(Nc1nc(NC3CC(C)NN3)cc3nc(CN4CCOCC4)ccc13)C2. The van der Waals surface area contributed by atoms with Crippen molar-refractivity contribution in [3.63, 3.8) is 0 Å². The molecule has 0 radical (unpaired) electrons. The molecule has 12 heteroatoms. The maximum atomic E-state index is 12.7. The van der Waals surface area contributed by atoms with E-state index in [4.69, 9.17) is 14.7 Å². The van der Waals surface area contributed by atoms with Crippen LogP contribution in [0.2, 0.25) is 0 Å². The minimum atomic E-state index is -3.18. The first-order chi connectivity index (χ1) is 18.4. The Kier molecular flexibility index (Phi) is 7.45. The number of pyridine rings is 2. The number of hydrazine groups is 1. The second-order valence-corrected chi connectivity index (χ2v) is 13.3. The lowest BCUT2D eigenvalue weighted by molar-refractivity contribution is 0.0337. The van der Waals surface area contributed by atoms with Crippen LogP contribution in [0.3, 0.4) is 0 Å². The van der Waals surface area contributed by atoms with Crippen LogP contribution < -0.4 is 21.5 Å². The lowest BCUT2D eigenvalue weighted by Gasteiger charge is -2.38. The summed E-state index contributed by atoms with van der Waals surface area (Å²) in [6.45, 7) is 8.05. The molecule has 0 amide bonds. The highest BCUT2D eigenvalue weighted by Crippen LogP contribution is 2.39. The number of morpholine rings is 1. The number of nitrogens with one attached hydrogen (secondary N) is 4. The van der Waals surface area contributed by atoms with Crippen molar-refractivity contribution in [2.45, 2.75) is 82.8 Å². The largest absolute Gasteiger partial charge is 0.379 e. The molecule has 4 N–H and O–H groups in total. The first-order valence-electron chi connectivity index (χ1n) is 14.0. The van der Waals surface area contributed by atoms with Crippen molar-refractivity contribution in [2.75, 3.05) is 42.7 Å². The standard InChI is InChI=1S/C26H40N8O3S/c1-3-38(35,36)34-20-5-6-21(34)14-19(13-20)28-26-22-7-4-18(16-33-8-10-37-11-9-33)27-23(22)15-24(30-26)29-25-12-17(2)31-32-25/h4,7,15,17,19-21,25,31-32H,3,5-6,8-14,16H2,1-2H3,(H2,28,29,30)/t17?,19?,20-,21+,25?. The van der Waals surface area contributed by atoms with Crippen molar-refractivity contribution in [1.82, 2.24) is 30.0 Å². The number of hydrogen-bond acceptors (Lipinski definition) is 10. The molecule has 4 fully saturated rings. The molecule has 0 aliphatic carbocycles. The van der Waals surface area contributed by atoms with Crippen LogP contribution in [-0.2, 0) is 21.3 Å². The minimum Gasteiger partial charge on any atom is -0.379 e. The topological polar surface area (TPSA) is 124 Å². The Morgan fingerprint density at radius 1 is 1.05 bits per heavy atom. The number of hydrogen-bond donors (Lipinski definition) is 4. The van der Waals surface area contributed by atoms with E-state index in [1.165, 1.54) is 0 Å². The van der Waals surface area contributed by atoms with E-state index < -0.39 is 10.0 Å². The highest BCUT2D eigenvalue weighted by Gasteiger charge is 2.46. The Balaban J connectivity index is 1.26. The first kappa shape index (κ1) is 26.1. The van der Waals surface area contributed by atoms with E-state index >= 15 is 0 Å². The molecule has 11 nitrogen and oxygen atoms in total. The average Bonchev–Trinajstić information content (AvgIpc) is 3.44. The van der Waals surface area contributed by atoms with E-state index in [9.17, 15) is 8.42 Å². The van der Waals surface area contributed by atoms with Crippen LogP contribution in [0, 0.1) is 0 Å². The van der Waals surface area contributed by atoms with Crippen LogP contribution in [0.4, 0.5) is 11.6 Å². The number of piperidine rings is 1. The Morgan fingerprint density at radius 3 is 2.50 bits per heavy atom. The number of ether oxygens (including phenoxy) is 1. The van der Waals surface area contributed by atoms with Crippen LogP contribution in [0.5, 0.6) is 0 Å². The third kappa shape index (κ3) is 5.47. The van der Waals surface area contributed by atoms with Crippen molar-refractivity contribution < 1.29 is 13.2 Å². The predicted octanol–water partition coefficient (Wildman–Crippen LogP) is 1.84. The number of fused-ring (bicyclic) bond motifs is 3. The molecule has 6 heterocycles. The lowest BCUT2D eigenvalue weighted by atomic mass is 9.99. The fourth-order valence-corrected chi connectivity index (χ4v) is 8.06. The Morgan fingerprint density at radius 2 is 1.82 bits per heavy atom. The molecule has 208 valence electrons. The summed E-state index contributed by atoms with van der Waals surface area (Å²) in [5, 5.41) is 8.23. The van der Waals surface area contributed by atoms with Crippen LogP contribution in [0.1, 0.15) is 51.6 Å². The molecule has 2 bridgehead atoms. The molecule has 6 rings (SSSR count). The number of nitrogens with zero attached hydrogens (tertiary/aromatic N) is 4.